The van der Waals surface area contributed by atoms with Crippen LogP contribution in [0.3, 0.4) is 0 Å². The van der Waals surface area contributed by atoms with Crippen molar-refractivity contribution in [3.63, 3.8) is 0 Å². The largest absolute Gasteiger partial charge is 0.381 e. The molecule has 106 valence electrons. The zero-order chi connectivity index (χ0) is 13.5. The van der Waals surface area contributed by atoms with Gasteiger partial charge in [-0.25, -0.2) is 0 Å². The lowest BCUT2D eigenvalue weighted by molar-refractivity contribution is -0.123. The molecule has 1 aromatic rings. The molecule has 0 radical (unpaired) electrons. The Morgan fingerprint density at radius 1 is 1.63 bits per heavy atom. The molecule has 1 aromatic heterocycles. The summed E-state index contributed by atoms with van der Waals surface area (Å²) in [4.78, 5) is 11.8. The maximum atomic E-state index is 11.8. The second-order valence-corrected chi connectivity index (χ2v) is 4.92. The van der Waals surface area contributed by atoms with Gasteiger partial charge in [-0.15, -0.1) is 10.2 Å². The molecule has 19 heavy (non-hydrogen) atoms. The number of ether oxygens (including phenoxy) is 1. The van der Waals surface area contributed by atoms with Crippen molar-refractivity contribution in [3.8, 4) is 0 Å². The summed E-state index contributed by atoms with van der Waals surface area (Å²) in [5, 5.41) is 10.9. The first-order valence-corrected chi connectivity index (χ1v) is 7.00. The van der Waals surface area contributed by atoms with E-state index in [2.05, 4.69) is 22.4 Å². The highest BCUT2D eigenvalue weighted by atomic mass is 16.5. The molecular formula is C13H22N4O2. The van der Waals surface area contributed by atoms with Crippen molar-refractivity contribution < 1.29 is 9.53 Å². The molecule has 1 unspecified atom stereocenters. The van der Waals surface area contributed by atoms with E-state index in [0.717, 1.165) is 44.8 Å². The second-order valence-electron chi connectivity index (χ2n) is 4.92. The molecule has 1 aliphatic heterocycles. The molecule has 1 N–H and O–H groups in total. The molecule has 2 rings (SSSR count). The molecule has 1 amide bonds. The van der Waals surface area contributed by atoms with Gasteiger partial charge in [-0.05, 0) is 25.7 Å². The van der Waals surface area contributed by atoms with Gasteiger partial charge in [-0.2, -0.15) is 0 Å². The van der Waals surface area contributed by atoms with Crippen molar-refractivity contribution in [2.75, 3.05) is 19.8 Å². The molecule has 1 saturated heterocycles. The number of hydrogen-bond acceptors (Lipinski definition) is 4. The third-order valence-corrected chi connectivity index (χ3v) is 3.44. The maximum Gasteiger partial charge on any atom is 0.220 e. The average Bonchev–Trinajstić information content (AvgIpc) is 2.87. The summed E-state index contributed by atoms with van der Waals surface area (Å²) < 4.78 is 7.36. The molecule has 0 aromatic carbocycles. The summed E-state index contributed by atoms with van der Waals surface area (Å²) >= 11 is 0. The van der Waals surface area contributed by atoms with Crippen LogP contribution in [0.4, 0.5) is 0 Å². The van der Waals surface area contributed by atoms with Gasteiger partial charge in [0.15, 0.2) is 0 Å². The Bertz CT molecular complexity index is 399. The monoisotopic (exact) mass is 266 g/mol. The van der Waals surface area contributed by atoms with Gasteiger partial charge in [0.1, 0.15) is 12.2 Å². The summed E-state index contributed by atoms with van der Waals surface area (Å²) in [5.74, 6) is 1.41. The smallest absolute Gasteiger partial charge is 0.220 e. The molecule has 2 heterocycles. The van der Waals surface area contributed by atoms with Crippen molar-refractivity contribution >= 4 is 5.91 Å². The van der Waals surface area contributed by atoms with Crippen LogP contribution in [-0.2, 0) is 22.5 Å². The molecule has 6 nitrogen and oxygen atoms in total. The van der Waals surface area contributed by atoms with Gasteiger partial charge < -0.3 is 14.6 Å². The minimum Gasteiger partial charge on any atom is -0.381 e. The second kappa shape index (κ2) is 7.23. The van der Waals surface area contributed by atoms with Crippen molar-refractivity contribution in [2.45, 2.75) is 39.2 Å². The quantitative estimate of drug-likeness (QED) is 0.826. The molecule has 0 aliphatic carbocycles. The maximum absolute atomic E-state index is 11.8. The predicted octanol–water partition coefficient (Wildman–Crippen LogP) is 0.773. The Labute approximate surface area is 113 Å². The Morgan fingerprint density at radius 3 is 3.26 bits per heavy atom. The first-order chi connectivity index (χ1) is 9.29. The van der Waals surface area contributed by atoms with E-state index in [0.29, 0.717) is 18.9 Å². The van der Waals surface area contributed by atoms with E-state index in [4.69, 9.17) is 4.74 Å². The summed E-state index contributed by atoms with van der Waals surface area (Å²) in [6.45, 7) is 5.08. The number of nitrogens with zero attached hydrogens (tertiary/aromatic N) is 3. The van der Waals surface area contributed by atoms with Crippen LogP contribution in [0.25, 0.3) is 0 Å². The number of carbonyl (C=O) groups excluding carboxylic acids is 1. The normalized spacial score (nSPS) is 19.3. The molecule has 0 bridgehead atoms. The van der Waals surface area contributed by atoms with Gasteiger partial charge in [0.05, 0.1) is 0 Å². The van der Waals surface area contributed by atoms with Gasteiger partial charge in [-0.1, -0.05) is 0 Å². The van der Waals surface area contributed by atoms with Gasteiger partial charge in [0, 0.05) is 39.1 Å². The minimum atomic E-state index is 0.109. The van der Waals surface area contributed by atoms with Crippen LogP contribution in [0, 0.1) is 5.92 Å². The highest BCUT2D eigenvalue weighted by Gasteiger charge is 2.17. The lowest BCUT2D eigenvalue weighted by Gasteiger charge is -2.21. The highest BCUT2D eigenvalue weighted by Crippen LogP contribution is 2.16. The van der Waals surface area contributed by atoms with E-state index in [1.165, 1.54) is 0 Å². The Morgan fingerprint density at radius 2 is 2.53 bits per heavy atom. The van der Waals surface area contributed by atoms with Crippen molar-refractivity contribution in [2.24, 2.45) is 5.92 Å². The number of amides is 1. The van der Waals surface area contributed by atoms with Crippen LogP contribution in [0.1, 0.15) is 32.0 Å². The van der Waals surface area contributed by atoms with Gasteiger partial charge >= 0.3 is 0 Å². The van der Waals surface area contributed by atoms with E-state index in [9.17, 15) is 4.79 Å². The van der Waals surface area contributed by atoms with Crippen LogP contribution in [0.15, 0.2) is 6.33 Å². The van der Waals surface area contributed by atoms with E-state index in [1.54, 1.807) is 6.33 Å². The standard InChI is InChI=1S/C13H22N4O2/c1-2-17-10-15-16-12(17)5-6-14-13(18)8-11-4-3-7-19-9-11/h10-11H,2-9H2,1H3,(H,14,18). The molecule has 0 spiro atoms. The fourth-order valence-corrected chi connectivity index (χ4v) is 2.35. The SMILES string of the molecule is CCn1cnnc1CCNC(=O)CC1CCCOC1. The Hall–Kier alpha value is -1.43. The summed E-state index contributed by atoms with van der Waals surface area (Å²) in [6.07, 6.45) is 5.17. The highest BCUT2D eigenvalue weighted by molar-refractivity contribution is 5.76. The van der Waals surface area contributed by atoms with Crippen LogP contribution in [0.5, 0.6) is 0 Å². The molecular weight excluding hydrogens is 244 g/mol. The first-order valence-electron chi connectivity index (χ1n) is 7.00. The lowest BCUT2D eigenvalue weighted by atomic mass is 9.98. The van der Waals surface area contributed by atoms with E-state index >= 15 is 0 Å². The molecule has 1 atom stereocenters. The third kappa shape index (κ3) is 4.31. The minimum absolute atomic E-state index is 0.109. The summed E-state index contributed by atoms with van der Waals surface area (Å²) in [5.41, 5.74) is 0. The van der Waals surface area contributed by atoms with Crippen LogP contribution >= 0.6 is 0 Å². The lowest BCUT2D eigenvalue weighted by Crippen LogP contribution is -2.30. The fraction of sp³-hybridized carbons (Fsp3) is 0.769. The van der Waals surface area contributed by atoms with E-state index in [-0.39, 0.29) is 5.91 Å². The number of aromatic nitrogens is 3. The average molecular weight is 266 g/mol. The topological polar surface area (TPSA) is 69.0 Å². The summed E-state index contributed by atoms with van der Waals surface area (Å²) in [7, 11) is 0. The van der Waals surface area contributed by atoms with E-state index < -0.39 is 0 Å². The summed E-state index contributed by atoms with van der Waals surface area (Å²) in [6, 6.07) is 0. The first kappa shape index (κ1) is 14.0. The molecule has 1 fully saturated rings. The predicted molar refractivity (Wildman–Crippen MR) is 70.6 cm³/mol. The van der Waals surface area contributed by atoms with Crippen LogP contribution in [0.2, 0.25) is 0 Å². The molecule has 6 heteroatoms. The number of nitrogens with one attached hydrogen (secondary N) is 1. The van der Waals surface area contributed by atoms with Crippen LogP contribution < -0.4 is 5.32 Å². The number of hydrogen-bond donors (Lipinski definition) is 1. The van der Waals surface area contributed by atoms with Crippen molar-refractivity contribution in [3.05, 3.63) is 12.2 Å². The zero-order valence-corrected chi connectivity index (χ0v) is 11.5. The Balaban J connectivity index is 1.66. The van der Waals surface area contributed by atoms with Crippen molar-refractivity contribution in [1.29, 1.82) is 0 Å². The van der Waals surface area contributed by atoms with Crippen molar-refractivity contribution in [1.82, 2.24) is 20.1 Å². The number of rotatable bonds is 6. The van der Waals surface area contributed by atoms with E-state index in [1.807, 2.05) is 4.57 Å². The molecule has 0 saturated carbocycles. The molecule has 1 aliphatic rings. The number of carbonyl (C=O) groups is 1. The van der Waals surface area contributed by atoms with Gasteiger partial charge in [0.2, 0.25) is 5.91 Å². The zero-order valence-electron chi connectivity index (χ0n) is 11.5. The fourth-order valence-electron chi connectivity index (χ4n) is 2.35. The van der Waals surface area contributed by atoms with Gasteiger partial charge in [-0.3, -0.25) is 4.79 Å². The number of aryl methyl sites for hydroxylation is 1. The Kier molecular flexibility index (Phi) is 5.32. The van der Waals surface area contributed by atoms with Crippen LogP contribution in [-0.4, -0.2) is 40.4 Å². The van der Waals surface area contributed by atoms with Gasteiger partial charge in [0.25, 0.3) is 0 Å². The third-order valence-electron chi connectivity index (χ3n) is 3.44.